The van der Waals surface area contributed by atoms with Crippen molar-refractivity contribution in [3.8, 4) is 0 Å². The second-order valence-electron chi connectivity index (χ2n) is 4.09. The lowest BCUT2D eigenvalue weighted by molar-refractivity contribution is 0.453. The van der Waals surface area contributed by atoms with Gasteiger partial charge in [-0.1, -0.05) is 30.7 Å². The van der Waals surface area contributed by atoms with Crippen LogP contribution in [0.4, 0.5) is 0 Å². The number of hydrogen-bond donors (Lipinski definition) is 1. The molecule has 0 saturated carbocycles. The van der Waals surface area contributed by atoms with E-state index in [1.807, 2.05) is 37.3 Å². The van der Waals surface area contributed by atoms with Gasteiger partial charge in [-0.3, -0.25) is 0 Å². The lowest BCUT2D eigenvalue weighted by Gasteiger charge is -2.13. The van der Waals surface area contributed by atoms with Gasteiger partial charge in [0.15, 0.2) is 0 Å². The van der Waals surface area contributed by atoms with Crippen LogP contribution in [0, 0.1) is 6.92 Å². The van der Waals surface area contributed by atoms with Crippen LogP contribution in [0.25, 0.3) is 0 Å². The molecule has 2 rings (SSSR count). The first-order chi connectivity index (χ1) is 8.13. The van der Waals surface area contributed by atoms with Crippen LogP contribution in [-0.4, -0.2) is 0 Å². The number of aryl methyl sites for hydroxylation is 1. The summed E-state index contributed by atoms with van der Waals surface area (Å²) >= 11 is 6.09. The average Bonchev–Trinajstić information content (AvgIpc) is 2.80. The molecule has 0 saturated heterocycles. The first kappa shape index (κ1) is 12.2. The molecule has 0 bridgehead atoms. The molecule has 2 nitrogen and oxygen atoms in total. The largest absolute Gasteiger partial charge is 0.464 e. The Morgan fingerprint density at radius 3 is 2.71 bits per heavy atom. The van der Waals surface area contributed by atoms with Gasteiger partial charge >= 0.3 is 0 Å². The summed E-state index contributed by atoms with van der Waals surface area (Å²) in [7, 11) is 0. The van der Waals surface area contributed by atoms with Gasteiger partial charge in [0.25, 0.3) is 0 Å². The van der Waals surface area contributed by atoms with Gasteiger partial charge in [-0.2, -0.15) is 0 Å². The van der Waals surface area contributed by atoms with Crippen LogP contribution in [0.15, 0.2) is 34.7 Å². The maximum Gasteiger partial charge on any atom is 0.125 e. The number of nitrogens with two attached hydrogens (primary N) is 1. The van der Waals surface area contributed by atoms with E-state index in [0.717, 1.165) is 34.1 Å². The molecule has 0 spiro atoms. The molecule has 2 aromatic rings. The van der Waals surface area contributed by atoms with Crippen LogP contribution in [0.5, 0.6) is 0 Å². The minimum absolute atomic E-state index is 0.256. The summed E-state index contributed by atoms with van der Waals surface area (Å²) in [5.41, 5.74) is 8.22. The van der Waals surface area contributed by atoms with E-state index in [0.29, 0.717) is 0 Å². The number of furan rings is 1. The lowest BCUT2D eigenvalue weighted by atomic mass is 10.0. The fourth-order valence-electron chi connectivity index (χ4n) is 1.87. The van der Waals surface area contributed by atoms with E-state index in [4.69, 9.17) is 21.8 Å². The molecule has 0 aliphatic carbocycles. The van der Waals surface area contributed by atoms with Gasteiger partial charge < -0.3 is 10.2 Å². The summed E-state index contributed by atoms with van der Waals surface area (Å²) in [4.78, 5) is 0. The Hall–Kier alpha value is -1.25. The summed E-state index contributed by atoms with van der Waals surface area (Å²) in [5.74, 6) is 1.74. The van der Waals surface area contributed by atoms with Crippen LogP contribution >= 0.6 is 11.6 Å². The van der Waals surface area contributed by atoms with Crippen molar-refractivity contribution in [1.82, 2.24) is 0 Å². The Morgan fingerprint density at radius 1 is 1.29 bits per heavy atom. The van der Waals surface area contributed by atoms with E-state index in [1.54, 1.807) is 0 Å². The third-order valence-corrected chi connectivity index (χ3v) is 3.39. The smallest absolute Gasteiger partial charge is 0.125 e. The molecule has 0 fully saturated rings. The normalized spacial score (nSPS) is 12.7. The fraction of sp³-hybridized carbons (Fsp3) is 0.286. The SMILES string of the molecule is CCc1ccc(C(N)c2cccc(Cl)c2C)o1. The van der Waals surface area contributed by atoms with E-state index >= 15 is 0 Å². The third kappa shape index (κ3) is 2.38. The summed E-state index contributed by atoms with van der Waals surface area (Å²) < 4.78 is 5.68. The third-order valence-electron chi connectivity index (χ3n) is 2.98. The van der Waals surface area contributed by atoms with Gasteiger partial charge in [0, 0.05) is 11.4 Å². The molecule has 0 radical (unpaired) electrons. The fourth-order valence-corrected chi connectivity index (χ4v) is 2.05. The van der Waals surface area contributed by atoms with E-state index in [-0.39, 0.29) is 6.04 Å². The van der Waals surface area contributed by atoms with E-state index in [1.165, 1.54) is 0 Å². The highest BCUT2D eigenvalue weighted by atomic mass is 35.5. The summed E-state index contributed by atoms with van der Waals surface area (Å²) in [5, 5.41) is 0.736. The molecule has 1 heterocycles. The van der Waals surface area contributed by atoms with Gasteiger partial charge in [0.05, 0.1) is 6.04 Å². The van der Waals surface area contributed by atoms with E-state index < -0.39 is 0 Å². The second kappa shape index (κ2) is 4.94. The highest BCUT2D eigenvalue weighted by molar-refractivity contribution is 6.31. The summed E-state index contributed by atoms with van der Waals surface area (Å²) in [6.07, 6.45) is 0.876. The number of hydrogen-bond acceptors (Lipinski definition) is 2. The minimum atomic E-state index is -0.256. The standard InChI is InChI=1S/C14H16ClNO/c1-3-10-7-8-13(17-10)14(16)11-5-4-6-12(15)9(11)2/h4-8,14H,3,16H2,1-2H3. The Balaban J connectivity index is 2.36. The molecule has 1 unspecified atom stereocenters. The van der Waals surface area contributed by atoms with Crippen LogP contribution in [0.3, 0.4) is 0 Å². The molecule has 1 aromatic heterocycles. The van der Waals surface area contributed by atoms with E-state index in [2.05, 4.69) is 6.92 Å². The Labute approximate surface area is 106 Å². The number of rotatable bonds is 3. The highest BCUT2D eigenvalue weighted by Gasteiger charge is 2.16. The summed E-state index contributed by atoms with van der Waals surface area (Å²) in [6, 6.07) is 9.41. The molecule has 2 N–H and O–H groups in total. The molecule has 1 atom stereocenters. The maximum absolute atomic E-state index is 6.20. The zero-order valence-electron chi connectivity index (χ0n) is 10.0. The molecule has 3 heteroatoms. The minimum Gasteiger partial charge on any atom is -0.464 e. The summed E-state index contributed by atoms with van der Waals surface area (Å²) in [6.45, 7) is 4.03. The molecule has 1 aromatic carbocycles. The molecular weight excluding hydrogens is 234 g/mol. The van der Waals surface area contributed by atoms with Crippen molar-refractivity contribution in [3.05, 3.63) is 58.0 Å². The van der Waals surface area contributed by atoms with Crippen molar-refractivity contribution in [1.29, 1.82) is 0 Å². The van der Waals surface area contributed by atoms with Crippen molar-refractivity contribution in [2.45, 2.75) is 26.3 Å². The van der Waals surface area contributed by atoms with Gasteiger partial charge in [-0.15, -0.1) is 0 Å². The topological polar surface area (TPSA) is 39.2 Å². The predicted octanol–water partition coefficient (Wildman–Crippen LogP) is 3.85. The Kier molecular flexibility index (Phi) is 3.55. The predicted molar refractivity (Wildman–Crippen MR) is 70.3 cm³/mol. The average molecular weight is 250 g/mol. The van der Waals surface area contributed by atoms with Gasteiger partial charge in [0.1, 0.15) is 11.5 Å². The second-order valence-corrected chi connectivity index (χ2v) is 4.50. The quantitative estimate of drug-likeness (QED) is 0.897. The molecule has 17 heavy (non-hydrogen) atoms. The lowest BCUT2D eigenvalue weighted by Crippen LogP contribution is -2.12. The molecule has 90 valence electrons. The zero-order valence-corrected chi connectivity index (χ0v) is 10.8. The molecule has 0 amide bonds. The van der Waals surface area contributed by atoms with Crippen molar-refractivity contribution in [3.63, 3.8) is 0 Å². The van der Waals surface area contributed by atoms with Crippen molar-refractivity contribution >= 4 is 11.6 Å². The van der Waals surface area contributed by atoms with Crippen molar-refractivity contribution in [2.24, 2.45) is 5.73 Å². The highest BCUT2D eigenvalue weighted by Crippen LogP contribution is 2.28. The molecular formula is C14H16ClNO. The van der Waals surface area contributed by atoms with Gasteiger partial charge in [-0.05, 0) is 36.2 Å². The molecule has 0 aliphatic rings. The van der Waals surface area contributed by atoms with Crippen LogP contribution < -0.4 is 5.73 Å². The maximum atomic E-state index is 6.20. The van der Waals surface area contributed by atoms with E-state index in [9.17, 15) is 0 Å². The Morgan fingerprint density at radius 2 is 2.06 bits per heavy atom. The monoisotopic (exact) mass is 249 g/mol. The molecule has 0 aliphatic heterocycles. The van der Waals surface area contributed by atoms with Crippen LogP contribution in [0.1, 0.15) is 35.6 Å². The van der Waals surface area contributed by atoms with Crippen LogP contribution in [-0.2, 0) is 6.42 Å². The Bertz CT molecular complexity index is 519. The number of benzene rings is 1. The van der Waals surface area contributed by atoms with Crippen molar-refractivity contribution < 1.29 is 4.42 Å². The van der Waals surface area contributed by atoms with Gasteiger partial charge in [-0.25, -0.2) is 0 Å². The number of halogens is 1. The van der Waals surface area contributed by atoms with Crippen molar-refractivity contribution in [2.75, 3.05) is 0 Å². The first-order valence-corrected chi connectivity index (χ1v) is 6.10. The zero-order chi connectivity index (χ0) is 12.4. The first-order valence-electron chi connectivity index (χ1n) is 5.72. The van der Waals surface area contributed by atoms with Crippen LogP contribution in [0.2, 0.25) is 5.02 Å². The van der Waals surface area contributed by atoms with Gasteiger partial charge in [0.2, 0.25) is 0 Å².